The highest BCUT2D eigenvalue weighted by atomic mass is 32.2. The van der Waals surface area contributed by atoms with E-state index >= 15 is 0 Å². The quantitative estimate of drug-likeness (QED) is 0.806. The van der Waals surface area contributed by atoms with Crippen molar-refractivity contribution in [3.05, 3.63) is 12.0 Å². The molecule has 1 rings (SSSR count). The minimum absolute atomic E-state index is 0.00778. The number of nitrogens with one attached hydrogen (secondary N) is 1. The summed E-state index contributed by atoms with van der Waals surface area (Å²) in [6.07, 6.45) is 1.26. The third-order valence-electron chi connectivity index (χ3n) is 2.46. The number of aromatic nitrogens is 2. The van der Waals surface area contributed by atoms with Crippen molar-refractivity contribution in [2.45, 2.75) is 18.9 Å². The molecule has 8 heteroatoms. The van der Waals surface area contributed by atoms with Crippen LogP contribution in [-0.4, -0.2) is 60.7 Å². The molecule has 0 aliphatic carbocycles. The summed E-state index contributed by atoms with van der Waals surface area (Å²) in [5.74, 6) is 0.250. The lowest BCUT2D eigenvalue weighted by Crippen LogP contribution is -2.40. The lowest BCUT2D eigenvalue weighted by molar-refractivity contribution is -0.128. The number of nitrogens with zero attached hydrogens (tertiary/aromatic N) is 3. The summed E-state index contributed by atoms with van der Waals surface area (Å²) in [4.78, 5) is 19.5. The Morgan fingerprint density at radius 1 is 1.44 bits per heavy atom. The molecule has 0 spiro atoms. The number of rotatable bonds is 5. The van der Waals surface area contributed by atoms with Crippen molar-refractivity contribution in [2.24, 2.45) is 0 Å². The van der Waals surface area contributed by atoms with Crippen LogP contribution in [0.3, 0.4) is 0 Å². The van der Waals surface area contributed by atoms with E-state index in [2.05, 4.69) is 9.97 Å². The number of aryl methyl sites for hydroxylation is 1. The molecule has 7 nitrogen and oxygen atoms in total. The minimum Gasteiger partial charge on any atom is -0.348 e. The second kappa shape index (κ2) is 5.49. The molecule has 102 valence electrons. The van der Waals surface area contributed by atoms with Crippen LogP contribution in [0.25, 0.3) is 0 Å². The van der Waals surface area contributed by atoms with Crippen molar-refractivity contribution in [3.63, 3.8) is 0 Å². The highest BCUT2D eigenvalue weighted by molar-refractivity contribution is 7.89. The fourth-order valence-electron chi connectivity index (χ4n) is 1.33. The van der Waals surface area contributed by atoms with Gasteiger partial charge in [0, 0.05) is 20.6 Å². The zero-order chi connectivity index (χ0) is 13.9. The van der Waals surface area contributed by atoms with Crippen molar-refractivity contribution in [1.82, 2.24) is 19.2 Å². The van der Waals surface area contributed by atoms with Gasteiger partial charge in [0.25, 0.3) is 10.0 Å². The Kier molecular flexibility index (Phi) is 4.47. The van der Waals surface area contributed by atoms with Crippen LogP contribution in [0, 0.1) is 6.92 Å². The molecule has 0 fully saturated rings. The van der Waals surface area contributed by atoms with Crippen LogP contribution in [-0.2, 0) is 14.8 Å². The zero-order valence-electron chi connectivity index (χ0n) is 11.0. The number of carbonyl (C=O) groups is 1. The highest BCUT2D eigenvalue weighted by Crippen LogP contribution is 2.12. The van der Waals surface area contributed by atoms with Crippen molar-refractivity contribution >= 4 is 15.9 Å². The Balaban J connectivity index is 2.98. The SMILES string of the molecule is CCN(CC(=O)N(C)C)S(=O)(=O)c1cnc(C)[nH]1. The molecule has 0 unspecified atom stereocenters. The molecule has 1 aromatic heterocycles. The van der Waals surface area contributed by atoms with Crippen LogP contribution < -0.4 is 0 Å². The number of hydrogen-bond acceptors (Lipinski definition) is 4. The van der Waals surface area contributed by atoms with Crippen molar-refractivity contribution in [1.29, 1.82) is 0 Å². The molecule has 0 aromatic carbocycles. The Labute approximate surface area is 107 Å². The van der Waals surface area contributed by atoms with E-state index in [4.69, 9.17) is 0 Å². The van der Waals surface area contributed by atoms with Gasteiger partial charge in [-0.15, -0.1) is 0 Å². The molecular formula is C10H18N4O3S. The lowest BCUT2D eigenvalue weighted by Gasteiger charge is -2.20. The Bertz CT molecular complexity index is 521. The summed E-state index contributed by atoms with van der Waals surface area (Å²) in [7, 11) is -0.518. The number of sulfonamides is 1. The standard InChI is InChI=1S/C10H18N4O3S/c1-5-14(7-10(15)13(3)4)18(16,17)9-6-11-8(2)12-9/h6H,5,7H2,1-4H3,(H,11,12). The third kappa shape index (κ3) is 3.08. The van der Waals surface area contributed by atoms with Gasteiger partial charge in [0.1, 0.15) is 5.82 Å². The number of aromatic amines is 1. The second-order valence-corrected chi connectivity index (χ2v) is 5.96. The molecule has 0 saturated heterocycles. The van der Waals surface area contributed by atoms with E-state index in [9.17, 15) is 13.2 Å². The van der Waals surface area contributed by atoms with E-state index in [0.717, 1.165) is 4.31 Å². The molecule has 1 amide bonds. The fraction of sp³-hybridized carbons (Fsp3) is 0.600. The van der Waals surface area contributed by atoms with Gasteiger partial charge >= 0.3 is 0 Å². The zero-order valence-corrected chi connectivity index (χ0v) is 11.8. The van der Waals surface area contributed by atoms with Crippen molar-refractivity contribution in [3.8, 4) is 0 Å². The molecule has 1 heterocycles. The smallest absolute Gasteiger partial charge is 0.260 e. The molecule has 0 atom stereocenters. The average molecular weight is 274 g/mol. The monoisotopic (exact) mass is 274 g/mol. The first-order valence-electron chi connectivity index (χ1n) is 5.51. The molecule has 0 saturated carbocycles. The maximum atomic E-state index is 12.2. The number of likely N-dealkylation sites (N-methyl/N-ethyl adjacent to an activating group) is 2. The summed E-state index contributed by atoms with van der Waals surface area (Å²) in [6, 6.07) is 0. The van der Waals surface area contributed by atoms with Gasteiger partial charge in [-0.25, -0.2) is 13.4 Å². The highest BCUT2D eigenvalue weighted by Gasteiger charge is 2.27. The largest absolute Gasteiger partial charge is 0.348 e. The molecule has 1 aromatic rings. The maximum Gasteiger partial charge on any atom is 0.260 e. The van der Waals surface area contributed by atoms with E-state index in [1.165, 1.54) is 11.1 Å². The average Bonchev–Trinajstić information content (AvgIpc) is 2.72. The van der Waals surface area contributed by atoms with E-state index in [0.29, 0.717) is 5.82 Å². The first-order chi connectivity index (χ1) is 8.28. The molecule has 0 bridgehead atoms. The number of hydrogen-bond donors (Lipinski definition) is 1. The lowest BCUT2D eigenvalue weighted by atomic mass is 10.5. The summed E-state index contributed by atoms with van der Waals surface area (Å²) in [6.45, 7) is 3.40. The van der Waals surface area contributed by atoms with Crippen molar-refractivity contribution in [2.75, 3.05) is 27.2 Å². The maximum absolute atomic E-state index is 12.2. The molecule has 0 aliphatic rings. The van der Waals surface area contributed by atoms with Crippen LogP contribution in [0.15, 0.2) is 11.2 Å². The van der Waals surface area contributed by atoms with Gasteiger partial charge in [-0.2, -0.15) is 4.31 Å². The predicted molar refractivity (Wildman–Crippen MR) is 66.5 cm³/mol. The minimum atomic E-state index is -3.69. The van der Waals surface area contributed by atoms with Crippen LogP contribution in [0.2, 0.25) is 0 Å². The van der Waals surface area contributed by atoms with E-state index in [-0.39, 0.29) is 24.0 Å². The molecular weight excluding hydrogens is 256 g/mol. The van der Waals surface area contributed by atoms with Gasteiger partial charge < -0.3 is 9.88 Å². The first kappa shape index (κ1) is 14.7. The van der Waals surface area contributed by atoms with Crippen LogP contribution >= 0.6 is 0 Å². The molecule has 0 aliphatic heterocycles. The van der Waals surface area contributed by atoms with Crippen LogP contribution in [0.1, 0.15) is 12.7 Å². The van der Waals surface area contributed by atoms with Gasteiger partial charge in [-0.1, -0.05) is 6.92 Å². The fourth-order valence-corrected chi connectivity index (χ4v) is 2.69. The molecule has 0 radical (unpaired) electrons. The third-order valence-corrected chi connectivity index (χ3v) is 4.29. The summed E-state index contributed by atoms with van der Waals surface area (Å²) in [5.41, 5.74) is 0. The number of imidazole rings is 1. The van der Waals surface area contributed by atoms with Crippen LogP contribution in [0.4, 0.5) is 0 Å². The second-order valence-electron chi connectivity index (χ2n) is 4.05. The number of amides is 1. The van der Waals surface area contributed by atoms with Gasteiger partial charge in [0.05, 0.1) is 12.7 Å². The number of H-pyrrole nitrogens is 1. The summed E-state index contributed by atoms with van der Waals surface area (Å²) >= 11 is 0. The van der Waals surface area contributed by atoms with Gasteiger partial charge in [0.2, 0.25) is 5.91 Å². The topological polar surface area (TPSA) is 86.4 Å². The summed E-state index contributed by atoms with van der Waals surface area (Å²) < 4.78 is 25.6. The van der Waals surface area contributed by atoms with E-state index < -0.39 is 10.0 Å². The van der Waals surface area contributed by atoms with E-state index in [1.54, 1.807) is 27.9 Å². The number of carbonyl (C=O) groups excluding carboxylic acids is 1. The normalized spacial score (nSPS) is 11.8. The Hall–Kier alpha value is -1.41. The van der Waals surface area contributed by atoms with E-state index in [1.807, 2.05) is 0 Å². The Morgan fingerprint density at radius 2 is 2.06 bits per heavy atom. The predicted octanol–water partition coefficient (Wildman–Crippen LogP) is -0.183. The molecule has 1 N–H and O–H groups in total. The van der Waals surface area contributed by atoms with Gasteiger partial charge in [-0.05, 0) is 6.92 Å². The van der Waals surface area contributed by atoms with Gasteiger partial charge in [-0.3, -0.25) is 4.79 Å². The summed E-state index contributed by atoms with van der Waals surface area (Å²) in [5, 5.41) is 0.00778. The Morgan fingerprint density at radius 3 is 2.44 bits per heavy atom. The first-order valence-corrected chi connectivity index (χ1v) is 6.95. The van der Waals surface area contributed by atoms with Crippen LogP contribution in [0.5, 0.6) is 0 Å². The van der Waals surface area contributed by atoms with Crippen molar-refractivity contribution < 1.29 is 13.2 Å². The molecule has 18 heavy (non-hydrogen) atoms. The van der Waals surface area contributed by atoms with Gasteiger partial charge in [0.15, 0.2) is 5.03 Å².